The molecule has 238 valence electrons. The highest BCUT2D eigenvalue weighted by atomic mass is 35.6. The highest BCUT2D eigenvalue weighted by Gasteiger charge is 2.42. The van der Waals surface area contributed by atoms with Crippen LogP contribution in [0.1, 0.15) is 41.6 Å². The molecular formula is C26H25Cl3F6N2O6. The van der Waals surface area contributed by atoms with Crippen LogP contribution in [0.5, 0.6) is 11.5 Å². The van der Waals surface area contributed by atoms with Crippen LogP contribution in [0.25, 0.3) is 0 Å². The van der Waals surface area contributed by atoms with Gasteiger partial charge >= 0.3 is 24.5 Å². The summed E-state index contributed by atoms with van der Waals surface area (Å²) in [6, 6.07) is 2.04. The molecule has 1 aliphatic rings. The summed E-state index contributed by atoms with van der Waals surface area (Å²) in [6.07, 6.45) is -12.3. The van der Waals surface area contributed by atoms with E-state index >= 15 is 0 Å². The molecule has 0 saturated heterocycles. The topological polar surface area (TPSA) is 77.5 Å². The van der Waals surface area contributed by atoms with Gasteiger partial charge in [0.05, 0.1) is 44.2 Å². The highest BCUT2D eigenvalue weighted by Crippen LogP contribution is 2.47. The Kier molecular flexibility index (Phi) is 10.4. The van der Waals surface area contributed by atoms with Crippen LogP contribution < -0.4 is 14.4 Å². The molecule has 2 amide bonds. The maximum absolute atomic E-state index is 13.5. The van der Waals surface area contributed by atoms with Gasteiger partial charge in [-0.15, -0.1) is 0 Å². The Hall–Kier alpha value is -2.97. The number of ether oxygens (including phenoxy) is 4. The summed E-state index contributed by atoms with van der Waals surface area (Å²) in [4.78, 5) is 28.3. The minimum Gasteiger partial charge on any atom is -0.493 e. The van der Waals surface area contributed by atoms with Crippen molar-refractivity contribution >= 4 is 52.7 Å². The second-order valence-corrected chi connectivity index (χ2v) is 11.9. The molecule has 0 unspecified atom stereocenters. The van der Waals surface area contributed by atoms with E-state index in [1.54, 1.807) is 6.92 Å². The average Bonchev–Trinajstić information content (AvgIpc) is 2.91. The standard InChI is InChI=1S/C26H25Cl3F6N2O6/c1-13-5-18(17-9-20(40-2)21(41-3)10-19(17)37(13)23(39)43-12-24(27,28)29)36(22(38)42-4)11-14-6-15(25(30,31)32)8-16(7-14)26(33,34)35/h6-10,13,18H,5,11-12H2,1-4H3/t13-,18+/m0/s1. The maximum atomic E-state index is 13.5. The maximum Gasteiger partial charge on any atom is 0.416 e. The van der Waals surface area contributed by atoms with E-state index in [0.717, 1.165) is 12.0 Å². The SMILES string of the molecule is COC(=O)N(Cc1cc(C(F)(F)F)cc(C(F)(F)F)c1)[C@@H]1C[C@H](C)N(C(=O)OCC(Cl)(Cl)Cl)c2cc(OC)c(OC)cc21. The van der Waals surface area contributed by atoms with Gasteiger partial charge in [0.1, 0.15) is 6.61 Å². The van der Waals surface area contributed by atoms with Gasteiger partial charge in [-0.25, -0.2) is 9.59 Å². The smallest absolute Gasteiger partial charge is 0.416 e. The van der Waals surface area contributed by atoms with Crippen molar-refractivity contribution in [2.45, 2.75) is 48.1 Å². The normalized spacial score (nSPS) is 17.2. The number of methoxy groups -OCH3 is 3. The zero-order chi connectivity index (χ0) is 32.5. The predicted molar refractivity (Wildman–Crippen MR) is 145 cm³/mol. The van der Waals surface area contributed by atoms with Crippen LogP contribution in [-0.4, -0.2) is 54.9 Å². The van der Waals surface area contributed by atoms with Crippen LogP contribution in [0.3, 0.4) is 0 Å². The van der Waals surface area contributed by atoms with Crippen molar-refractivity contribution in [3.63, 3.8) is 0 Å². The molecule has 1 heterocycles. The van der Waals surface area contributed by atoms with Gasteiger partial charge in [0.2, 0.25) is 3.79 Å². The molecule has 0 saturated carbocycles. The number of carbonyl (C=O) groups excluding carboxylic acids is 2. The first-order valence-electron chi connectivity index (χ1n) is 12.2. The van der Waals surface area contributed by atoms with Crippen molar-refractivity contribution in [1.29, 1.82) is 0 Å². The summed E-state index contributed by atoms with van der Waals surface area (Å²) in [6.45, 7) is 0.241. The van der Waals surface area contributed by atoms with Gasteiger partial charge in [0.15, 0.2) is 11.5 Å². The van der Waals surface area contributed by atoms with Gasteiger partial charge < -0.3 is 18.9 Å². The van der Waals surface area contributed by atoms with E-state index in [2.05, 4.69) is 0 Å². The molecule has 0 N–H and O–H groups in total. The lowest BCUT2D eigenvalue weighted by Crippen LogP contribution is -2.48. The fraction of sp³-hybridized carbons (Fsp3) is 0.462. The zero-order valence-electron chi connectivity index (χ0n) is 22.9. The second kappa shape index (κ2) is 12.9. The average molecular weight is 682 g/mol. The lowest BCUT2D eigenvalue weighted by Gasteiger charge is -2.42. The Morgan fingerprint density at radius 3 is 1.91 bits per heavy atom. The van der Waals surface area contributed by atoms with Gasteiger partial charge in [0, 0.05) is 24.2 Å². The fourth-order valence-corrected chi connectivity index (χ4v) is 4.83. The summed E-state index contributed by atoms with van der Waals surface area (Å²) in [5, 5.41) is 0. The van der Waals surface area contributed by atoms with Gasteiger partial charge in [-0.05, 0) is 43.2 Å². The minimum atomic E-state index is -5.10. The largest absolute Gasteiger partial charge is 0.493 e. The van der Waals surface area contributed by atoms with Crippen LogP contribution in [0, 0.1) is 0 Å². The molecule has 2 aromatic carbocycles. The van der Waals surface area contributed by atoms with Gasteiger partial charge in [-0.3, -0.25) is 9.80 Å². The van der Waals surface area contributed by atoms with Crippen molar-refractivity contribution in [2.75, 3.05) is 32.8 Å². The Bertz CT molecular complexity index is 1320. The van der Waals surface area contributed by atoms with E-state index in [0.29, 0.717) is 12.1 Å². The fourth-order valence-electron chi connectivity index (χ4n) is 4.67. The minimum absolute atomic E-state index is 0.0121. The highest BCUT2D eigenvalue weighted by molar-refractivity contribution is 6.67. The number of rotatable bonds is 6. The molecule has 17 heteroatoms. The third-order valence-electron chi connectivity index (χ3n) is 6.50. The number of hydrogen-bond acceptors (Lipinski definition) is 6. The van der Waals surface area contributed by atoms with E-state index in [-0.39, 0.29) is 35.2 Å². The summed E-state index contributed by atoms with van der Waals surface area (Å²) in [5.41, 5.74) is -3.21. The Balaban J connectivity index is 2.18. The number of carbonyl (C=O) groups is 2. The number of benzene rings is 2. The molecule has 2 atom stereocenters. The first-order valence-corrected chi connectivity index (χ1v) is 13.4. The molecule has 43 heavy (non-hydrogen) atoms. The first kappa shape index (κ1) is 34.5. The molecule has 0 fully saturated rings. The van der Waals surface area contributed by atoms with Crippen LogP contribution in [0.4, 0.5) is 41.6 Å². The third-order valence-corrected chi connectivity index (χ3v) is 6.83. The van der Waals surface area contributed by atoms with E-state index < -0.39 is 70.3 Å². The van der Waals surface area contributed by atoms with E-state index in [9.17, 15) is 35.9 Å². The number of nitrogens with zero attached hydrogens (tertiary/aromatic N) is 2. The molecule has 3 rings (SSSR count). The Labute approximate surface area is 257 Å². The lowest BCUT2D eigenvalue weighted by atomic mass is 9.90. The van der Waals surface area contributed by atoms with Crippen molar-refractivity contribution in [3.8, 4) is 11.5 Å². The van der Waals surface area contributed by atoms with Crippen molar-refractivity contribution in [3.05, 3.63) is 52.6 Å². The van der Waals surface area contributed by atoms with Crippen molar-refractivity contribution < 1.29 is 54.9 Å². The lowest BCUT2D eigenvalue weighted by molar-refractivity contribution is -0.143. The number of alkyl halides is 9. The van der Waals surface area contributed by atoms with E-state index in [1.165, 1.54) is 31.3 Å². The zero-order valence-corrected chi connectivity index (χ0v) is 25.2. The van der Waals surface area contributed by atoms with Crippen LogP contribution in [0.15, 0.2) is 30.3 Å². The van der Waals surface area contributed by atoms with Crippen LogP contribution in [-0.2, 0) is 28.4 Å². The Morgan fingerprint density at radius 2 is 1.44 bits per heavy atom. The predicted octanol–water partition coefficient (Wildman–Crippen LogP) is 8.16. The van der Waals surface area contributed by atoms with Gasteiger partial charge in [-0.1, -0.05) is 34.8 Å². The molecule has 0 aromatic heterocycles. The molecule has 1 aliphatic heterocycles. The molecule has 0 aliphatic carbocycles. The second-order valence-electron chi connectivity index (χ2n) is 9.42. The summed E-state index contributed by atoms with van der Waals surface area (Å²) >= 11 is 17.1. The molecule has 0 bridgehead atoms. The van der Waals surface area contributed by atoms with Crippen LogP contribution >= 0.6 is 34.8 Å². The molecule has 0 radical (unpaired) electrons. The number of anilines is 1. The summed E-state index contributed by atoms with van der Waals surface area (Å²) < 4.78 is 100. The molecule has 0 spiro atoms. The van der Waals surface area contributed by atoms with E-state index in [1.807, 2.05) is 0 Å². The van der Waals surface area contributed by atoms with Crippen LogP contribution in [0.2, 0.25) is 0 Å². The molecule has 8 nitrogen and oxygen atoms in total. The number of amides is 2. The van der Waals surface area contributed by atoms with E-state index in [4.69, 9.17) is 53.8 Å². The number of halogens is 9. The monoisotopic (exact) mass is 680 g/mol. The molecule has 2 aromatic rings. The van der Waals surface area contributed by atoms with Gasteiger partial charge in [0.25, 0.3) is 0 Å². The van der Waals surface area contributed by atoms with Gasteiger partial charge in [-0.2, -0.15) is 26.3 Å². The molecular weight excluding hydrogens is 657 g/mol. The number of hydrogen-bond donors (Lipinski definition) is 0. The summed E-state index contributed by atoms with van der Waals surface area (Å²) in [5.74, 6) is 0.309. The first-order chi connectivity index (χ1) is 19.8. The number of fused-ring (bicyclic) bond motifs is 1. The summed E-state index contributed by atoms with van der Waals surface area (Å²) in [7, 11) is 3.65. The quantitative estimate of drug-likeness (QED) is 0.226. The van der Waals surface area contributed by atoms with Crippen molar-refractivity contribution in [2.24, 2.45) is 0 Å². The third kappa shape index (κ3) is 8.15. The Morgan fingerprint density at radius 1 is 0.907 bits per heavy atom. The van der Waals surface area contributed by atoms with Crippen molar-refractivity contribution in [1.82, 2.24) is 4.90 Å².